The van der Waals surface area contributed by atoms with Crippen molar-refractivity contribution in [3.05, 3.63) is 29.6 Å². The molecule has 1 amide bonds. The van der Waals surface area contributed by atoms with E-state index in [0.717, 1.165) is 11.5 Å². The molecule has 7 heteroatoms. The highest BCUT2D eigenvalue weighted by atomic mass is 32.1. The summed E-state index contributed by atoms with van der Waals surface area (Å²) < 4.78 is 9.04. The molecule has 1 aromatic carbocycles. The number of rotatable bonds is 3. The van der Waals surface area contributed by atoms with Gasteiger partial charge in [-0.25, -0.2) is 4.98 Å². The number of anilines is 2. The van der Waals surface area contributed by atoms with Gasteiger partial charge >= 0.3 is 0 Å². The Morgan fingerprint density at radius 2 is 2.28 bits per heavy atom. The Bertz CT molecular complexity index is 582. The van der Waals surface area contributed by atoms with E-state index in [2.05, 4.69) is 14.7 Å². The van der Waals surface area contributed by atoms with Crippen LogP contribution in [0.4, 0.5) is 10.8 Å². The molecule has 0 atom stereocenters. The number of methoxy groups -OCH3 is 1. The van der Waals surface area contributed by atoms with Gasteiger partial charge in [0.15, 0.2) is 0 Å². The molecule has 0 aliphatic heterocycles. The van der Waals surface area contributed by atoms with Crippen LogP contribution in [0.25, 0.3) is 0 Å². The van der Waals surface area contributed by atoms with Crippen molar-refractivity contribution < 1.29 is 9.53 Å². The van der Waals surface area contributed by atoms with Gasteiger partial charge in [-0.05, 0) is 19.1 Å². The molecule has 0 saturated heterocycles. The minimum Gasteiger partial charge on any atom is -0.495 e. The summed E-state index contributed by atoms with van der Waals surface area (Å²) in [4.78, 5) is 16.1. The van der Waals surface area contributed by atoms with Crippen molar-refractivity contribution >= 4 is 28.3 Å². The first-order chi connectivity index (χ1) is 8.61. The molecule has 0 unspecified atom stereocenters. The van der Waals surface area contributed by atoms with Gasteiger partial charge in [0.2, 0.25) is 5.13 Å². The van der Waals surface area contributed by atoms with Crippen molar-refractivity contribution in [3.8, 4) is 5.75 Å². The summed E-state index contributed by atoms with van der Waals surface area (Å²) in [6.07, 6.45) is 0. The van der Waals surface area contributed by atoms with Gasteiger partial charge in [0.25, 0.3) is 5.91 Å². The van der Waals surface area contributed by atoms with Crippen LogP contribution in [-0.2, 0) is 0 Å². The number of hydrogen-bond acceptors (Lipinski definition) is 6. The van der Waals surface area contributed by atoms with E-state index in [1.165, 1.54) is 7.11 Å². The molecule has 1 heterocycles. The Labute approximate surface area is 108 Å². The van der Waals surface area contributed by atoms with Crippen LogP contribution >= 0.6 is 11.5 Å². The number of carbonyl (C=O) groups excluding carboxylic acids is 1. The standard InChI is InChI=1S/C11H12N4O2S/c1-6-13-11(18-15-6)14-10(16)7-4-3-5-8(17-2)9(7)12/h3-5H,12H2,1-2H3,(H,13,14,15,16). The smallest absolute Gasteiger partial charge is 0.259 e. The predicted molar refractivity (Wildman–Crippen MR) is 70.0 cm³/mol. The van der Waals surface area contributed by atoms with Gasteiger partial charge in [-0.2, -0.15) is 4.37 Å². The lowest BCUT2D eigenvalue weighted by atomic mass is 10.1. The van der Waals surface area contributed by atoms with Gasteiger partial charge < -0.3 is 10.5 Å². The molecule has 94 valence electrons. The highest BCUT2D eigenvalue weighted by Gasteiger charge is 2.14. The number of nitrogens with one attached hydrogen (secondary N) is 1. The molecule has 0 bridgehead atoms. The minimum atomic E-state index is -0.331. The summed E-state index contributed by atoms with van der Waals surface area (Å²) >= 11 is 1.12. The van der Waals surface area contributed by atoms with Crippen LogP contribution < -0.4 is 15.8 Å². The maximum atomic E-state index is 12.0. The zero-order valence-corrected chi connectivity index (χ0v) is 10.7. The average molecular weight is 264 g/mol. The van der Waals surface area contributed by atoms with Crippen molar-refractivity contribution in [3.63, 3.8) is 0 Å². The van der Waals surface area contributed by atoms with Gasteiger partial charge in [-0.3, -0.25) is 10.1 Å². The molecule has 6 nitrogen and oxygen atoms in total. The molecule has 0 aliphatic rings. The number of nitrogens with two attached hydrogens (primary N) is 1. The number of aromatic nitrogens is 2. The van der Waals surface area contributed by atoms with E-state index >= 15 is 0 Å². The number of para-hydroxylation sites is 1. The van der Waals surface area contributed by atoms with Crippen LogP contribution in [0, 0.1) is 6.92 Å². The maximum Gasteiger partial charge on any atom is 0.259 e. The van der Waals surface area contributed by atoms with Crippen molar-refractivity contribution in [2.75, 3.05) is 18.2 Å². The summed E-state index contributed by atoms with van der Waals surface area (Å²) in [5, 5.41) is 3.09. The predicted octanol–water partition coefficient (Wildman–Crippen LogP) is 1.69. The first kappa shape index (κ1) is 12.3. The van der Waals surface area contributed by atoms with Crippen LogP contribution in [0.1, 0.15) is 16.2 Å². The molecule has 0 fully saturated rings. The second-order valence-corrected chi connectivity index (χ2v) is 4.27. The summed E-state index contributed by atoms with van der Waals surface area (Å²) in [7, 11) is 1.50. The summed E-state index contributed by atoms with van der Waals surface area (Å²) in [6.45, 7) is 1.76. The normalized spacial score (nSPS) is 10.1. The SMILES string of the molecule is COc1cccc(C(=O)Nc2nc(C)ns2)c1N. The minimum absolute atomic E-state index is 0.304. The van der Waals surface area contributed by atoms with Gasteiger partial charge in [-0.1, -0.05) is 6.07 Å². The third kappa shape index (κ3) is 2.40. The number of carbonyl (C=O) groups is 1. The number of benzene rings is 1. The second kappa shape index (κ2) is 5.01. The first-order valence-electron chi connectivity index (χ1n) is 5.16. The number of ether oxygens (including phenoxy) is 1. The van der Waals surface area contributed by atoms with Crippen LogP contribution in [0.5, 0.6) is 5.75 Å². The van der Waals surface area contributed by atoms with Crippen molar-refractivity contribution in [2.45, 2.75) is 6.92 Å². The molecule has 0 aliphatic carbocycles. The zero-order chi connectivity index (χ0) is 13.1. The van der Waals surface area contributed by atoms with E-state index in [1.54, 1.807) is 25.1 Å². The molecular weight excluding hydrogens is 252 g/mol. The molecule has 0 spiro atoms. The Hall–Kier alpha value is -2.15. The number of hydrogen-bond donors (Lipinski definition) is 2. The van der Waals surface area contributed by atoms with E-state index in [1.807, 2.05) is 0 Å². The van der Waals surface area contributed by atoms with Gasteiger partial charge in [0.1, 0.15) is 11.6 Å². The van der Waals surface area contributed by atoms with E-state index < -0.39 is 0 Å². The number of nitrogens with zero attached hydrogens (tertiary/aromatic N) is 2. The lowest BCUT2D eigenvalue weighted by Gasteiger charge is -2.08. The molecule has 18 heavy (non-hydrogen) atoms. The lowest BCUT2D eigenvalue weighted by molar-refractivity contribution is 0.102. The highest BCUT2D eigenvalue weighted by molar-refractivity contribution is 7.09. The average Bonchev–Trinajstić information content (AvgIpc) is 2.75. The topological polar surface area (TPSA) is 90.1 Å². The Kier molecular flexibility index (Phi) is 3.42. The van der Waals surface area contributed by atoms with E-state index in [4.69, 9.17) is 10.5 Å². The summed E-state index contributed by atoms with van der Waals surface area (Å²) in [6, 6.07) is 5.03. The first-order valence-corrected chi connectivity index (χ1v) is 5.93. The third-order valence-electron chi connectivity index (χ3n) is 2.28. The third-order valence-corrected chi connectivity index (χ3v) is 3.00. The Morgan fingerprint density at radius 1 is 1.50 bits per heavy atom. The molecule has 2 aromatic rings. The quantitative estimate of drug-likeness (QED) is 0.823. The molecular formula is C11H12N4O2S. The van der Waals surface area contributed by atoms with E-state index in [0.29, 0.717) is 28.0 Å². The fraction of sp³-hybridized carbons (Fsp3) is 0.182. The van der Waals surface area contributed by atoms with Gasteiger partial charge in [-0.15, -0.1) is 0 Å². The largest absolute Gasteiger partial charge is 0.495 e. The van der Waals surface area contributed by atoms with E-state index in [-0.39, 0.29) is 5.91 Å². The fourth-order valence-corrected chi connectivity index (χ4v) is 2.00. The second-order valence-electron chi connectivity index (χ2n) is 3.52. The van der Waals surface area contributed by atoms with Crippen molar-refractivity contribution in [1.82, 2.24) is 9.36 Å². The number of aryl methyl sites for hydroxylation is 1. The fourth-order valence-electron chi connectivity index (χ4n) is 1.43. The Morgan fingerprint density at radius 3 is 2.89 bits per heavy atom. The summed E-state index contributed by atoms with van der Waals surface area (Å²) in [5.41, 5.74) is 6.49. The van der Waals surface area contributed by atoms with Gasteiger partial charge in [0, 0.05) is 11.5 Å². The Balaban J connectivity index is 2.24. The number of amides is 1. The van der Waals surface area contributed by atoms with Crippen molar-refractivity contribution in [1.29, 1.82) is 0 Å². The monoisotopic (exact) mass is 264 g/mol. The lowest BCUT2D eigenvalue weighted by Crippen LogP contribution is -2.14. The van der Waals surface area contributed by atoms with Crippen molar-refractivity contribution in [2.24, 2.45) is 0 Å². The van der Waals surface area contributed by atoms with Gasteiger partial charge in [0.05, 0.1) is 18.4 Å². The molecule has 2 rings (SSSR count). The van der Waals surface area contributed by atoms with Crippen LogP contribution in [0.2, 0.25) is 0 Å². The summed E-state index contributed by atoms with van der Waals surface area (Å²) in [5.74, 6) is 0.757. The maximum absolute atomic E-state index is 12.0. The molecule has 0 radical (unpaired) electrons. The van der Waals surface area contributed by atoms with E-state index in [9.17, 15) is 4.79 Å². The molecule has 0 saturated carbocycles. The van der Waals surface area contributed by atoms with Crippen LogP contribution in [0.3, 0.4) is 0 Å². The van der Waals surface area contributed by atoms with Crippen LogP contribution in [0.15, 0.2) is 18.2 Å². The highest BCUT2D eigenvalue weighted by Crippen LogP contribution is 2.25. The zero-order valence-electron chi connectivity index (χ0n) is 9.93. The molecule has 3 N–H and O–H groups in total. The van der Waals surface area contributed by atoms with Crippen LogP contribution in [-0.4, -0.2) is 22.4 Å². The molecule has 1 aromatic heterocycles. The number of nitrogen functional groups attached to an aromatic ring is 1.